The quantitative estimate of drug-likeness (QED) is 0.562. The van der Waals surface area contributed by atoms with Gasteiger partial charge in [0.1, 0.15) is 0 Å². The van der Waals surface area contributed by atoms with Crippen LogP contribution in [0, 0.1) is 17.3 Å². The minimum Gasteiger partial charge on any atom is -0.383 e. The number of hydrogen-bond acceptors (Lipinski definition) is 3. The van der Waals surface area contributed by atoms with E-state index < -0.39 is 0 Å². The van der Waals surface area contributed by atoms with Crippen LogP contribution in [0.2, 0.25) is 0 Å². The summed E-state index contributed by atoms with van der Waals surface area (Å²) in [5.41, 5.74) is 0.353. The molecule has 0 spiro atoms. The Bertz CT molecular complexity index is 243. The summed E-state index contributed by atoms with van der Waals surface area (Å²) in [6.45, 7) is 20.3. The summed E-state index contributed by atoms with van der Waals surface area (Å²) >= 11 is 0. The van der Waals surface area contributed by atoms with E-state index in [1.165, 1.54) is 12.8 Å². The Kier molecular flexibility index (Phi) is 11.4. The van der Waals surface area contributed by atoms with Crippen molar-refractivity contribution in [3.05, 3.63) is 0 Å². The van der Waals surface area contributed by atoms with E-state index in [0.717, 1.165) is 45.2 Å². The van der Waals surface area contributed by atoms with Gasteiger partial charge in [0.25, 0.3) is 0 Å². The molecule has 0 aliphatic carbocycles. The van der Waals surface area contributed by atoms with Gasteiger partial charge < -0.3 is 15.0 Å². The lowest BCUT2D eigenvalue weighted by molar-refractivity contribution is 0.0973. The molecule has 1 unspecified atom stereocenters. The third-order valence-corrected chi connectivity index (χ3v) is 3.80. The summed E-state index contributed by atoms with van der Waals surface area (Å²) in [7, 11) is 1.79. The Morgan fingerprint density at radius 3 is 2.29 bits per heavy atom. The lowest BCUT2D eigenvalue weighted by Crippen LogP contribution is -2.45. The van der Waals surface area contributed by atoms with Crippen molar-refractivity contribution in [3.63, 3.8) is 0 Å². The lowest BCUT2D eigenvalue weighted by Gasteiger charge is -2.37. The summed E-state index contributed by atoms with van der Waals surface area (Å²) < 4.78 is 5.28. The van der Waals surface area contributed by atoms with Crippen molar-refractivity contribution in [3.8, 4) is 0 Å². The van der Waals surface area contributed by atoms with E-state index in [9.17, 15) is 0 Å². The van der Waals surface area contributed by atoms with E-state index in [1.807, 2.05) is 0 Å². The predicted octanol–water partition coefficient (Wildman–Crippen LogP) is 3.64. The van der Waals surface area contributed by atoms with Crippen LogP contribution < -0.4 is 5.32 Å². The molecule has 0 fully saturated rings. The Hall–Kier alpha value is -0.120. The highest BCUT2D eigenvalue weighted by Crippen LogP contribution is 2.24. The molecule has 1 N–H and O–H groups in total. The van der Waals surface area contributed by atoms with Crippen molar-refractivity contribution in [1.29, 1.82) is 0 Å². The maximum absolute atomic E-state index is 5.28. The smallest absolute Gasteiger partial charge is 0.0589 e. The van der Waals surface area contributed by atoms with Crippen LogP contribution in [0.3, 0.4) is 0 Å². The monoisotopic (exact) mass is 300 g/mol. The van der Waals surface area contributed by atoms with Gasteiger partial charge >= 0.3 is 0 Å². The normalized spacial score (nSPS) is 15.1. The van der Waals surface area contributed by atoms with Crippen LogP contribution >= 0.6 is 0 Å². The van der Waals surface area contributed by atoms with Crippen molar-refractivity contribution >= 4 is 0 Å². The molecule has 0 aromatic carbocycles. The molecule has 0 heterocycles. The maximum Gasteiger partial charge on any atom is 0.0589 e. The number of nitrogens with one attached hydrogen (secondary N) is 1. The first-order valence-corrected chi connectivity index (χ1v) is 8.75. The molecule has 0 radical (unpaired) electrons. The number of ether oxygens (including phenoxy) is 1. The van der Waals surface area contributed by atoms with Crippen LogP contribution in [0.5, 0.6) is 0 Å². The summed E-state index contributed by atoms with van der Waals surface area (Å²) in [6, 6.07) is 0. The fourth-order valence-corrected chi connectivity index (χ4v) is 3.00. The zero-order chi connectivity index (χ0) is 16.3. The molecule has 3 heteroatoms. The number of hydrogen-bond donors (Lipinski definition) is 1. The van der Waals surface area contributed by atoms with Crippen LogP contribution in [0.1, 0.15) is 54.4 Å². The fraction of sp³-hybridized carbons (Fsp3) is 1.00. The second-order valence-corrected chi connectivity index (χ2v) is 7.71. The van der Waals surface area contributed by atoms with Gasteiger partial charge in [-0.3, -0.25) is 0 Å². The molecule has 0 aliphatic rings. The molecule has 0 aliphatic heterocycles. The van der Waals surface area contributed by atoms with Gasteiger partial charge in [0.2, 0.25) is 0 Å². The van der Waals surface area contributed by atoms with Crippen LogP contribution in [0.15, 0.2) is 0 Å². The molecule has 0 aromatic heterocycles. The summed E-state index contributed by atoms with van der Waals surface area (Å²) in [5.74, 6) is 1.42. The molecule has 0 rings (SSSR count). The summed E-state index contributed by atoms with van der Waals surface area (Å²) in [4.78, 5) is 2.58. The predicted molar refractivity (Wildman–Crippen MR) is 93.9 cm³/mol. The highest BCUT2D eigenvalue weighted by molar-refractivity contribution is 4.81. The highest BCUT2D eigenvalue weighted by atomic mass is 16.5. The van der Waals surface area contributed by atoms with Crippen LogP contribution in [-0.4, -0.2) is 51.3 Å². The van der Waals surface area contributed by atoms with Gasteiger partial charge in [0, 0.05) is 33.3 Å². The first-order chi connectivity index (χ1) is 9.83. The number of methoxy groups -OCH3 is 1. The van der Waals surface area contributed by atoms with Crippen LogP contribution in [0.25, 0.3) is 0 Å². The first kappa shape index (κ1) is 20.9. The molecule has 0 bridgehead atoms. The molecule has 128 valence electrons. The minimum atomic E-state index is 0.353. The van der Waals surface area contributed by atoms with E-state index >= 15 is 0 Å². The number of rotatable bonds is 13. The van der Waals surface area contributed by atoms with Gasteiger partial charge in [-0.1, -0.05) is 48.0 Å². The standard InChI is InChI=1S/C18H40N2O/c1-8-9-18(6,14-19-12-16(2)3)15-20(10-11-21-7)13-17(4)5/h16-17,19H,8-15H2,1-7H3. The van der Waals surface area contributed by atoms with E-state index in [-0.39, 0.29) is 0 Å². The van der Waals surface area contributed by atoms with Crippen molar-refractivity contribution < 1.29 is 4.74 Å². The van der Waals surface area contributed by atoms with E-state index in [2.05, 4.69) is 51.8 Å². The molecule has 0 aromatic rings. The van der Waals surface area contributed by atoms with Crippen molar-refractivity contribution in [2.75, 3.05) is 46.4 Å². The topological polar surface area (TPSA) is 24.5 Å². The Balaban J connectivity index is 4.55. The molecular formula is C18H40N2O. The first-order valence-electron chi connectivity index (χ1n) is 8.75. The second-order valence-electron chi connectivity index (χ2n) is 7.71. The molecule has 21 heavy (non-hydrogen) atoms. The Morgan fingerprint density at radius 1 is 1.14 bits per heavy atom. The summed E-state index contributed by atoms with van der Waals surface area (Å²) in [5, 5.41) is 3.67. The fourth-order valence-electron chi connectivity index (χ4n) is 3.00. The minimum absolute atomic E-state index is 0.353. The third-order valence-electron chi connectivity index (χ3n) is 3.80. The molecular weight excluding hydrogens is 260 g/mol. The Morgan fingerprint density at radius 2 is 1.81 bits per heavy atom. The molecule has 0 saturated carbocycles. The van der Waals surface area contributed by atoms with E-state index in [1.54, 1.807) is 7.11 Å². The highest BCUT2D eigenvalue weighted by Gasteiger charge is 2.26. The van der Waals surface area contributed by atoms with Crippen LogP contribution in [-0.2, 0) is 4.74 Å². The molecule has 0 amide bonds. The zero-order valence-electron chi connectivity index (χ0n) is 15.7. The maximum atomic E-state index is 5.28. The van der Waals surface area contributed by atoms with Crippen molar-refractivity contribution in [1.82, 2.24) is 10.2 Å². The van der Waals surface area contributed by atoms with E-state index in [0.29, 0.717) is 11.3 Å². The van der Waals surface area contributed by atoms with Gasteiger partial charge in [0.05, 0.1) is 6.61 Å². The van der Waals surface area contributed by atoms with Gasteiger partial charge in [0.15, 0.2) is 0 Å². The third kappa shape index (κ3) is 11.1. The second kappa shape index (κ2) is 11.4. The Labute approximate surface area is 133 Å². The average molecular weight is 301 g/mol. The van der Waals surface area contributed by atoms with Crippen LogP contribution in [0.4, 0.5) is 0 Å². The van der Waals surface area contributed by atoms with Gasteiger partial charge in [-0.2, -0.15) is 0 Å². The summed E-state index contributed by atoms with van der Waals surface area (Å²) in [6.07, 6.45) is 2.53. The average Bonchev–Trinajstić information content (AvgIpc) is 2.35. The van der Waals surface area contributed by atoms with E-state index in [4.69, 9.17) is 4.74 Å². The molecule has 3 nitrogen and oxygen atoms in total. The molecule has 0 saturated heterocycles. The van der Waals surface area contributed by atoms with Crippen molar-refractivity contribution in [2.24, 2.45) is 17.3 Å². The van der Waals surface area contributed by atoms with Gasteiger partial charge in [-0.25, -0.2) is 0 Å². The SMILES string of the molecule is CCCC(C)(CNCC(C)C)CN(CCOC)CC(C)C. The number of nitrogens with zero attached hydrogens (tertiary/aromatic N) is 1. The van der Waals surface area contributed by atoms with Crippen molar-refractivity contribution in [2.45, 2.75) is 54.4 Å². The zero-order valence-corrected chi connectivity index (χ0v) is 15.7. The largest absolute Gasteiger partial charge is 0.383 e. The van der Waals surface area contributed by atoms with Gasteiger partial charge in [-0.05, 0) is 30.2 Å². The molecule has 1 atom stereocenters. The lowest BCUT2D eigenvalue weighted by atomic mass is 9.84. The van der Waals surface area contributed by atoms with Gasteiger partial charge in [-0.15, -0.1) is 0 Å².